The molecule has 0 spiro atoms. The van der Waals surface area contributed by atoms with Gasteiger partial charge in [-0.05, 0) is 25.8 Å². The van der Waals surface area contributed by atoms with Crippen molar-refractivity contribution in [2.75, 3.05) is 18.8 Å². The summed E-state index contributed by atoms with van der Waals surface area (Å²) in [5.74, 6) is 0.575. The number of carbonyl (C=O) groups excluding carboxylic acids is 1. The van der Waals surface area contributed by atoms with Crippen LogP contribution in [-0.2, 0) is 11.3 Å². The van der Waals surface area contributed by atoms with Crippen molar-refractivity contribution in [3.8, 4) is 0 Å². The first-order chi connectivity index (χ1) is 10.7. The Labute approximate surface area is 134 Å². The van der Waals surface area contributed by atoms with E-state index in [1.807, 2.05) is 36.1 Å². The number of hydrogen-bond acceptors (Lipinski definition) is 3. The Morgan fingerprint density at radius 2 is 1.95 bits per heavy atom. The summed E-state index contributed by atoms with van der Waals surface area (Å²) in [5, 5.41) is 1.04. The van der Waals surface area contributed by atoms with E-state index >= 15 is 0 Å². The third kappa shape index (κ3) is 2.90. The summed E-state index contributed by atoms with van der Waals surface area (Å²) in [5.41, 5.74) is 0.936. The zero-order valence-corrected chi connectivity index (χ0v) is 13.6. The second-order valence-corrected chi connectivity index (χ2v) is 6.50. The first-order valence-corrected chi connectivity index (χ1v) is 8.72. The van der Waals surface area contributed by atoms with Crippen LogP contribution in [0.15, 0.2) is 40.0 Å². The fourth-order valence-electron chi connectivity index (χ4n) is 2.95. The van der Waals surface area contributed by atoms with Crippen LogP contribution in [0.1, 0.15) is 19.8 Å². The summed E-state index contributed by atoms with van der Waals surface area (Å²) in [6.07, 6.45) is 2.21. The van der Waals surface area contributed by atoms with Gasteiger partial charge in [0.1, 0.15) is 0 Å². The van der Waals surface area contributed by atoms with E-state index in [1.165, 1.54) is 11.8 Å². The van der Waals surface area contributed by atoms with Gasteiger partial charge in [0.15, 0.2) is 0 Å². The van der Waals surface area contributed by atoms with Gasteiger partial charge in [-0.3, -0.25) is 9.59 Å². The molecule has 2 aromatic rings. The summed E-state index contributed by atoms with van der Waals surface area (Å²) in [6.45, 7) is 4.36. The van der Waals surface area contributed by atoms with E-state index < -0.39 is 0 Å². The van der Waals surface area contributed by atoms with E-state index in [0.717, 1.165) is 41.7 Å². The molecule has 1 fully saturated rings. The Kier molecular flexibility index (Phi) is 4.52. The van der Waals surface area contributed by atoms with Crippen molar-refractivity contribution < 1.29 is 4.79 Å². The maximum Gasteiger partial charge on any atom is 0.252 e. The van der Waals surface area contributed by atoms with E-state index in [4.69, 9.17) is 0 Å². The van der Waals surface area contributed by atoms with Gasteiger partial charge in [0.05, 0.1) is 11.3 Å². The zero-order chi connectivity index (χ0) is 15.5. The molecule has 1 aliphatic heterocycles. The van der Waals surface area contributed by atoms with Gasteiger partial charge < -0.3 is 9.47 Å². The molecule has 1 aromatic heterocycles. The van der Waals surface area contributed by atoms with Gasteiger partial charge in [-0.2, -0.15) is 0 Å². The third-order valence-corrected chi connectivity index (χ3v) is 5.15. The Morgan fingerprint density at radius 1 is 1.23 bits per heavy atom. The van der Waals surface area contributed by atoms with Crippen molar-refractivity contribution in [1.29, 1.82) is 0 Å². The Morgan fingerprint density at radius 3 is 2.68 bits per heavy atom. The number of rotatable bonds is 4. The van der Waals surface area contributed by atoms with Gasteiger partial charge in [0, 0.05) is 36.0 Å². The summed E-state index contributed by atoms with van der Waals surface area (Å²) < 4.78 is 1.77. The summed E-state index contributed by atoms with van der Waals surface area (Å²) in [6, 6.07) is 9.56. The largest absolute Gasteiger partial charge is 0.342 e. The van der Waals surface area contributed by atoms with E-state index in [1.54, 1.807) is 10.6 Å². The smallest absolute Gasteiger partial charge is 0.252 e. The monoisotopic (exact) mass is 316 g/mol. The minimum atomic E-state index is -0.00248. The summed E-state index contributed by atoms with van der Waals surface area (Å²) >= 11 is 1.47. The molecule has 0 N–H and O–H groups in total. The van der Waals surface area contributed by atoms with Gasteiger partial charge in [-0.15, -0.1) is 11.8 Å². The van der Waals surface area contributed by atoms with Crippen LogP contribution >= 0.6 is 11.8 Å². The van der Waals surface area contributed by atoms with Crippen LogP contribution in [0.4, 0.5) is 0 Å². The fourth-order valence-corrected chi connectivity index (χ4v) is 3.92. The number of pyridine rings is 1. The van der Waals surface area contributed by atoms with Crippen LogP contribution in [0.3, 0.4) is 0 Å². The highest BCUT2D eigenvalue weighted by Crippen LogP contribution is 2.27. The van der Waals surface area contributed by atoms with Gasteiger partial charge in [0.25, 0.3) is 5.56 Å². The SMILES string of the molecule is CCn1c(=O)cc(SCC(=O)N2CCCC2)c2ccccc21. The second kappa shape index (κ2) is 6.57. The molecule has 1 amide bonds. The standard InChI is InChI=1S/C17H20N2O2S/c1-2-19-14-8-4-3-7-13(14)15(11-16(19)20)22-12-17(21)18-9-5-6-10-18/h3-4,7-8,11H,2,5-6,9-10,12H2,1H3. The molecule has 5 heteroatoms. The predicted molar refractivity (Wildman–Crippen MR) is 90.4 cm³/mol. The lowest BCUT2D eigenvalue weighted by Gasteiger charge is -2.16. The molecule has 4 nitrogen and oxygen atoms in total. The average Bonchev–Trinajstić information content (AvgIpc) is 3.07. The summed E-state index contributed by atoms with van der Waals surface area (Å²) in [7, 11) is 0. The normalized spacial score (nSPS) is 14.7. The molecule has 0 bridgehead atoms. The van der Waals surface area contributed by atoms with Crippen molar-refractivity contribution in [2.45, 2.75) is 31.2 Å². The summed E-state index contributed by atoms with van der Waals surface area (Å²) in [4.78, 5) is 27.2. The highest BCUT2D eigenvalue weighted by molar-refractivity contribution is 8.00. The molecule has 0 unspecified atom stereocenters. The number of para-hydroxylation sites is 1. The van der Waals surface area contributed by atoms with Crippen LogP contribution in [-0.4, -0.2) is 34.2 Å². The number of nitrogens with zero attached hydrogens (tertiary/aromatic N) is 2. The molecule has 2 heterocycles. The van der Waals surface area contributed by atoms with Gasteiger partial charge in [-0.1, -0.05) is 18.2 Å². The quantitative estimate of drug-likeness (QED) is 0.815. The average molecular weight is 316 g/mol. The molecule has 0 atom stereocenters. The van der Waals surface area contributed by atoms with Gasteiger partial charge >= 0.3 is 0 Å². The molecule has 3 rings (SSSR count). The molecule has 22 heavy (non-hydrogen) atoms. The highest BCUT2D eigenvalue weighted by Gasteiger charge is 2.18. The van der Waals surface area contributed by atoms with Crippen molar-refractivity contribution in [3.63, 3.8) is 0 Å². The lowest BCUT2D eigenvalue weighted by molar-refractivity contribution is -0.127. The van der Waals surface area contributed by atoms with Gasteiger partial charge in [0.2, 0.25) is 5.91 Å². The van der Waals surface area contributed by atoms with Crippen LogP contribution in [0, 0.1) is 0 Å². The minimum absolute atomic E-state index is 0.00248. The topological polar surface area (TPSA) is 42.3 Å². The van der Waals surface area contributed by atoms with E-state index in [2.05, 4.69) is 0 Å². The zero-order valence-electron chi connectivity index (χ0n) is 12.7. The van der Waals surface area contributed by atoms with Crippen LogP contribution in [0.25, 0.3) is 10.9 Å². The molecule has 0 aliphatic carbocycles. The fraction of sp³-hybridized carbons (Fsp3) is 0.412. The molecular weight excluding hydrogens is 296 g/mol. The van der Waals surface area contributed by atoms with Crippen molar-refractivity contribution in [1.82, 2.24) is 9.47 Å². The van der Waals surface area contributed by atoms with Crippen molar-refractivity contribution in [2.24, 2.45) is 0 Å². The molecule has 0 saturated carbocycles. The molecule has 1 aliphatic rings. The maximum atomic E-state index is 12.2. The van der Waals surface area contributed by atoms with Crippen LogP contribution in [0.5, 0.6) is 0 Å². The van der Waals surface area contributed by atoms with Gasteiger partial charge in [-0.25, -0.2) is 0 Å². The number of aryl methyl sites for hydroxylation is 1. The number of hydrogen-bond donors (Lipinski definition) is 0. The molecular formula is C17H20N2O2S. The van der Waals surface area contributed by atoms with Crippen LogP contribution < -0.4 is 5.56 Å². The first-order valence-electron chi connectivity index (χ1n) is 7.74. The third-order valence-electron chi connectivity index (χ3n) is 4.11. The second-order valence-electron chi connectivity index (χ2n) is 5.48. The number of fused-ring (bicyclic) bond motifs is 1. The van der Waals surface area contributed by atoms with Crippen molar-refractivity contribution >= 4 is 28.6 Å². The minimum Gasteiger partial charge on any atom is -0.342 e. The number of aromatic nitrogens is 1. The maximum absolute atomic E-state index is 12.2. The lowest BCUT2D eigenvalue weighted by atomic mass is 10.2. The van der Waals surface area contributed by atoms with Crippen molar-refractivity contribution in [3.05, 3.63) is 40.7 Å². The number of likely N-dealkylation sites (tertiary alicyclic amines) is 1. The molecule has 116 valence electrons. The highest BCUT2D eigenvalue weighted by atomic mass is 32.2. The number of amides is 1. The first kappa shape index (κ1) is 15.2. The predicted octanol–water partition coefficient (Wildman–Crippen LogP) is 2.74. The lowest BCUT2D eigenvalue weighted by Crippen LogP contribution is -2.29. The Hall–Kier alpha value is -1.75. The number of carbonyl (C=O) groups is 1. The van der Waals surface area contributed by atoms with E-state index in [9.17, 15) is 9.59 Å². The molecule has 0 radical (unpaired) electrons. The Bertz CT molecular complexity index is 748. The molecule has 1 saturated heterocycles. The number of thioether (sulfide) groups is 1. The number of benzene rings is 1. The van der Waals surface area contributed by atoms with E-state index in [0.29, 0.717) is 12.3 Å². The molecule has 1 aromatic carbocycles. The van der Waals surface area contributed by atoms with Crippen LogP contribution in [0.2, 0.25) is 0 Å². The van der Waals surface area contributed by atoms with E-state index in [-0.39, 0.29) is 11.5 Å². The Balaban J connectivity index is 1.87.